The first-order valence-corrected chi connectivity index (χ1v) is 8.22. The molecule has 2 aromatic heterocycles. The zero-order valence-corrected chi connectivity index (χ0v) is 13.9. The molecule has 0 aliphatic heterocycles. The standard InChI is InChI=1S/C17H19N5O3/c1-24-9-8-22-7-6-15(21-22)20-17(23)18-12-4-5-14-13(10-12)19-16(25-14)11-2-3-11/h4-7,10-11H,2-3,8-9H2,1H3,(H2,18,20,21,23). The van der Waals surface area contributed by atoms with Gasteiger partial charge in [0.1, 0.15) is 5.52 Å². The first-order chi connectivity index (χ1) is 12.2. The highest BCUT2D eigenvalue weighted by molar-refractivity contribution is 6.00. The molecular formula is C17H19N5O3. The summed E-state index contributed by atoms with van der Waals surface area (Å²) >= 11 is 0. The number of rotatable bonds is 6. The molecule has 1 saturated carbocycles. The van der Waals surface area contributed by atoms with Crippen LogP contribution in [0.3, 0.4) is 0 Å². The quantitative estimate of drug-likeness (QED) is 0.718. The lowest BCUT2D eigenvalue weighted by Crippen LogP contribution is -2.20. The molecule has 1 aromatic carbocycles. The van der Waals surface area contributed by atoms with Crippen molar-refractivity contribution in [2.24, 2.45) is 0 Å². The number of fused-ring (bicyclic) bond motifs is 1. The molecular weight excluding hydrogens is 322 g/mol. The predicted molar refractivity (Wildman–Crippen MR) is 92.7 cm³/mol. The fourth-order valence-corrected chi connectivity index (χ4v) is 2.54. The topological polar surface area (TPSA) is 94.2 Å². The van der Waals surface area contributed by atoms with E-state index in [1.54, 1.807) is 30.1 Å². The number of amides is 2. The van der Waals surface area contributed by atoms with Gasteiger partial charge in [-0.15, -0.1) is 0 Å². The Morgan fingerprint density at radius 3 is 3.04 bits per heavy atom. The van der Waals surface area contributed by atoms with Crippen molar-refractivity contribution in [1.82, 2.24) is 14.8 Å². The van der Waals surface area contributed by atoms with Crippen molar-refractivity contribution in [3.8, 4) is 0 Å². The van der Waals surface area contributed by atoms with Gasteiger partial charge >= 0.3 is 6.03 Å². The molecule has 2 heterocycles. The molecule has 8 nitrogen and oxygen atoms in total. The minimum atomic E-state index is -0.359. The molecule has 3 aromatic rings. The van der Waals surface area contributed by atoms with Gasteiger partial charge in [0.05, 0.1) is 13.2 Å². The van der Waals surface area contributed by atoms with Crippen LogP contribution in [0.1, 0.15) is 24.7 Å². The maximum atomic E-state index is 12.1. The molecule has 0 unspecified atom stereocenters. The van der Waals surface area contributed by atoms with Gasteiger partial charge in [0.15, 0.2) is 17.3 Å². The van der Waals surface area contributed by atoms with Gasteiger partial charge in [-0.25, -0.2) is 9.78 Å². The van der Waals surface area contributed by atoms with E-state index in [1.807, 2.05) is 12.1 Å². The van der Waals surface area contributed by atoms with Gasteiger partial charge in [0, 0.05) is 31.0 Å². The van der Waals surface area contributed by atoms with Crippen molar-refractivity contribution in [2.75, 3.05) is 24.4 Å². The molecule has 1 aliphatic carbocycles. The second-order valence-electron chi connectivity index (χ2n) is 6.04. The van der Waals surface area contributed by atoms with E-state index in [9.17, 15) is 4.79 Å². The molecule has 25 heavy (non-hydrogen) atoms. The van der Waals surface area contributed by atoms with E-state index < -0.39 is 0 Å². The van der Waals surface area contributed by atoms with E-state index in [0.29, 0.717) is 30.6 Å². The van der Waals surface area contributed by atoms with Crippen LogP contribution in [0.25, 0.3) is 11.1 Å². The summed E-state index contributed by atoms with van der Waals surface area (Å²) < 4.78 is 12.4. The summed E-state index contributed by atoms with van der Waals surface area (Å²) in [5.41, 5.74) is 2.15. The summed E-state index contributed by atoms with van der Waals surface area (Å²) in [7, 11) is 1.63. The third-order valence-electron chi connectivity index (χ3n) is 4.00. The molecule has 0 spiro atoms. The van der Waals surface area contributed by atoms with Gasteiger partial charge in [-0.3, -0.25) is 10.00 Å². The summed E-state index contributed by atoms with van der Waals surface area (Å²) in [6, 6.07) is 6.80. The SMILES string of the molecule is COCCn1ccc(NC(=O)Nc2ccc3oc(C4CC4)nc3c2)n1. The van der Waals surface area contributed by atoms with Crippen LogP contribution in [0.15, 0.2) is 34.9 Å². The number of anilines is 2. The van der Waals surface area contributed by atoms with E-state index in [0.717, 1.165) is 29.8 Å². The molecule has 4 rings (SSSR count). The molecule has 130 valence electrons. The van der Waals surface area contributed by atoms with Crippen LogP contribution in [0.5, 0.6) is 0 Å². The predicted octanol–water partition coefficient (Wildman–Crippen LogP) is 3.19. The summed E-state index contributed by atoms with van der Waals surface area (Å²) in [4.78, 5) is 16.6. The number of carbonyl (C=O) groups excluding carboxylic acids is 1. The number of methoxy groups -OCH3 is 1. The lowest BCUT2D eigenvalue weighted by atomic mass is 10.3. The van der Waals surface area contributed by atoms with Crippen molar-refractivity contribution in [3.05, 3.63) is 36.4 Å². The van der Waals surface area contributed by atoms with E-state index >= 15 is 0 Å². The van der Waals surface area contributed by atoms with Crippen LogP contribution < -0.4 is 10.6 Å². The van der Waals surface area contributed by atoms with Crippen molar-refractivity contribution in [1.29, 1.82) is 0 Å². The summed E-state index contributed by atoms with van der Waals surface area (Å²) in [6.07, 6.45) is 4.06. The highest BCUT2D eigenvalue weighted by atomic mass is 16.5. The molecule has 0 atom stereocenters. The second kappa shape index (κ2) is 6.56. The van der Waals surface area contributed by atoms with Crippen LogP contribution >= 0.6 is 0 Å². The highest BCUT2D eigenvalue weighted by Gasteiger charge is 2.28. The van der Waals surface area contributed by atoms with Crippen LogP contribution in [0.4, 0.5) is 16.3 Å². The Hall–Kier alpha value is -2.87. The van der Waals surface area contributed by atoms with E-state index in [1.165, 1.54) is 0 Å². The van der Waals surface area contributed by atoms with Gasteiger partial charge in [0.25, 0.3) is 0 Å². The fourth-order valence-electron chi connectivity index (χ4n) is 2.54. The summed E-state index contributed by atoms with van der Waals surface area (Å²) in [5.74, 6) is 1.73. The monoisotopic (exact) mass is 341 g/mol. The smallest absolute Gasteiger partial charge is 0.324 e. The Kier molecular flexibility index (Phi) is 4.10. The first-order valence-electron chi connectivity index (χ1n) is 8.22. The number of ether oxygens (including phenoxy) is 1. The normalized spacial score (nSPS) is 14.0. The molecule has 1 aliphatic rings. The first kappa shape index (κ1) is 15.6. The van der Waals surface area contributed by atoms with Gasteiger partial charge in [-0.05, 0) is 31.0 Å². The Labute approximate surface area is 144 Å². The largest absolute Gasteiger partial charge is 0.440 e. The molecule has 0 radical (unpaired) electrons. The minimum Gasteiger partial charge on any atom is -0.440 e. The third kappa shape index (κ3) is 3.63. The number of carbonyl (C=O) groups is 1. The second-order valence-corrected chi connectivity index (χ2v) is 6.04. The molecule has 8 heteroatoms. The lowest BCUT2D eigenvalue weighted by molar-refractivity contribution is 0.183. The highest BCUT2D eigenvalue weighted by Crippen LogP contribution is 2.40. The van der Waals surface area contributed by atoms with Crippen molar-refractivity contribution < 1.29 is 13.9 Å². The van der Waals surface area contributed by atoms with Crippen molar-refractivity contribution >= 4 is 28.6 Å². The lowest BCUT2D eigenvalue weighted by Gasteiger charge is -2.05. The molecule has 1 fully saturated rings. The number of nitrogens with one attached hydrogen (secondary N) is 2. The number of hydrogen-bond donors (Lipinski definition) is 2. The number of nitrogens with zero attached hydrogens (tertiary/aromatic N) is 3. The zero-order valence-electron chi connectivity index (χ0n) is 13.9. The van der Waals surface area contributed by atoms with Crippen LogP contribution in [-0.2, 0) is 11.3 Å². The van der Waals surface area contributed by atoms with Gasteiger partial charge in [-0.1, -0.05) is 0 Å². The molecule has 2 amide bonds. The third-order valence-corrected chi connectivity index (χ3v) is 4.00. The Bertz CT molecular complexity index is 897. The number of benzene rings is 1. The van der Waals surface area contributed by atoms with E-state index in [4.69, 9.17) is 9.15 Å². The van der Waals surface area contributed by atoms with Gasteiger partial charge < -0.3 is 14.5 Å². The average molecular weight is 341 g/mol. The molecule has 2 N–H and O–H groups in total. The summed E-state index contributed by atoms with van der Waals surface area (Å²) in [6.45, 7) is 1.19. The van der Waals surface area contributed by atoms with E-state index in [-0.39, 0.29) is 6.03 Å². The van der Waals surface area contributed by atoms with Gasteiger partial charge in [-0.2, -0.15) is 5.10 Å². The molecule has 0 saturated heterocycles. The van der Waals surface area contributed by atoms with Crippen LogP contribution in [0, 0.1) is 0 Å². The van der Waals surface area contributed by atoms with E-state index in [2.05, 4.69) is 20.7 Å². The number of oxazole rings is 1. The van der Waals surface area contributed by atoms with Crippen molar-refractivity contribution in [3.63, 3.8) is 0 Å². The number of urea groups is 1. The fraction of sp³-hybridized carbons (Fsp3) is 0.353. The zero-order chi connectivity index (χ0) is 17.2. The number of hydrogen-bond acceptors (Lipinski definition) is 5. The minimum absolute atomic E-state index is 0.359. The number of aromatic nitrogens is 3. The Morgan fingerprint density at radius 1 is 1.36 bits per heavy atom. The maximum absolute atomic E-state index is 12.1. The summed E-state index contributed by atoms with van der Waals surface area (Å²) in [5, 5.41) is 9.73. The average Bonchev–Trinajstić information content (AvgIpc) is 3.21. The van der Waals surface area contributed by atoms with Gasteiger partial charge in [0.2, 0.25) is 0 Å². The molecule has 0 bridgehead atoms. The Balaban J connectivity index is 1.39. The van der Waals surface area contributed by atoms with Crippen LogP contribution in [-0.4, -0.2) is 34.5 Å². The van der Waals surface area contributed by atoms with Crippen molar-refractivity contribution in [2.45, 2.75) is 25.3 Å². The Morgan fingerprint density at radius 2 is 2.24 bits per heavy atom. The van der Waals surface area contributed by atoms with Crippen LogP contribution in [0.2, 0.25) is 0 Å². The maximum Gasteiger partial charge on any atom is 0.324 e.